The number of aromatic nitrogens is 2. The normalized spacial score (nSPS) is 16.2. The van der Waals surface area contributed by atoms with Crippen molar-refractivity contribution < 1.29 is 4.74 Å². The number of ether oxygens (including phenoxy) is 1. The summed E-state index contributed by atoms with van der Waals surface area (Å²) in [7, 11) is 0. The molecule has 5 heteroatoms. The van der Waals surface area contributed by atoms with Crippen molar-refractivity contribution in [2.45, 2.75) is 31.7 Å². The lowest BCUT2D eigenvalue weighted by Crippen LogP contribution is -2.30. The minimum absolute atomic E-state index is 0.450. The topological polar surface area (TPSA) is 64.3 Å². The molecule has 142 valence electrons. The predicted molar refractivity (Wildman–Crippen MR) is 111 cm³/mol. The van der Waals surface area contributed by atoms with E-state index in [-0.39, 0.29) is 0 Å². The molecule has 0 unspecified atom stereocenters. The molecule has 5 rings (SSSR count). The van der Waals surface area contributed by atoms with E-state index in [4.69, 9.17) is 15.5 Å². The molecular weight excluding hydrogens is 348 g/mol. The summed E-state index contributed by atoms with van der Waals surface area (Å²) in [4.78, 5) is 11.5. The van der Waals surface area contributed by atoms with Crippen LogP contribution in [-0.4, -0.2) is 23.1 Å². The van der Waals surface area contributed by atoms with Crippen LogP contribution in [0, 0.1) is 0 Å². The minimum atomic E-state index is 0.450. The Bertz CT molecular complexity index is 982. The van der Waals surface area contributed by atoms with Crippen LogP contribution in [0.15, 0.2) is 54.7 Å². The molecule has 0 bridgehead atoms. The summed E-state index contributed by atoms with van der Waals surface area (Å²) >= 11 is 0. The van der Waals surface area contributed by atoms with Gasteiger partial charge in [-0.2, -0.15) is 0 Å². The number of pyridine rings is 2. The molecule has 3 aromatic rings. The van der Waals surface area contributed by atoms with Crippen molar-refractivity contribution in [3.05, 3.63) is 66.1 Å². The van der Waals surface area contributed by atoms with E-state index in [2.05, 4.69) is 46.3 Å². The highest BCUT2D eigenvalue weighted by Gasteiger charge is 2.26. The minimum Gasteiger partial charge on any atom is -0.488 e. The summed E-state index contributed by atoms with van der Waals surface area (Å²) in [5.41, 5.74) is 11.3. The van der Waals surface area contributed by atoms with Crippen LogP contribution in [0.3, 0.4) is 0 Å². The molecule has 1 aliphatic carbocycles. The van der Waals surface area contributed by atoms with E-state index in [1.807, 2.05) is 18.3 Å². The first-order valence-electron chi connectivity index (χ1n) is 9.98. The molecule has 2 aromatic heterocycles. The maximum atomic E-state index is 5.86. The second-order valence-corrected chi connectivity index (χ2v) is 7.47. The first kappa shape index (κ1) is 17.2. The highest BCUT2D eigenvalue weighted by Crippen LogP contribution is 2.40. The SMILES string of the molecule is NCc1cc(-c2ccc(N3CCOc4ccc(C5CCC5)nc43)cc2)ccn1. The summed E-state index contributed by atoms with van der Waals surface area (Å²) in [6, 6.07) is 16.9. The Morgan fingerprint density at radius 1 is 1.04 bits per heavy atom. The Labute approximate surface area is 165 Å². The van der Waals surface area contributed by atoms with Crippen LogP contribution in [0.1, 0.15) is 36.6 Å². The van der Waals surface area contributed by atoms with Gasteiger partial charge in [-0.15, -0.1) is 0 Å². The molecular formula is C23H24N4O. The van der Waals surface area contributed by atoms with Crippen LogP contribution in [0.5, 0.6) is 5.75 Å². The standard InChI is InChI=1S/C23H24N4O/c24-15-19-14-18(10-11-25-19)16-4-6-20(7-5-16)27-12-13-28-22-9-8-21(26-23(22)27)17-2-1-3-17/h4-11,14,17H,1-3,12-13,15,24H2. The zero-order valence-corrected chi connectivity index (χ0v) is 15.8. The molecule has 1 aliphatic heterocycles. The van der Waals surface area contributed by atoms with E-state index >= 15 is 0 Å². The largest absolute Gasteiger partial charge is 0.488 e. The molecule has 5 nitrogen and oxygen atoms in total. The molecule has 2 aliphatic rings. The second kappa shape index (κ2) is 7.24. The van der Waals surface area contributed by atoms with Crippen LogP contribution in [-0.2, 0) is 6.54 Å². The molecule has 1 fully saturated rings. The smallest absolute Gasteiger partial charge is 0.176 e. The van der Waals surface area contributed by atoms with Crippen LogP contribution in [0.25, 0.3) is 11.1 Å². The first-order chi connectivity index (χ1) is 13.8. The zero-order chi connectivity index (χ0) is 18.9. The molecule has 28 heavy (non-hydrogen) atoms. The lowest BCUT2D eigenvalue weighted by molar-refractivity contribution is 0.310. The van der Waals surface area contributed by atoms with Gasteiger partial charge in [-0.05, 0) is 60.4 Å². The van der Waals surface area contributed by atoms with Gasteiger partial charge >= 0.3 is 0 Å². The van der Waals surface area contributed by atoms with Gasteiger partial charge in [0.25, 0.3) is 0 Å². The zero-order valence-electron chi connectivity index (χ0n) is 15.8. The van der Waals surface area contributed by atoms with Crippen molar-refractivity contribution in [2.24, 2.45) is 5.73 Å². The maximum absolute atomic E-state index is 5.86. The van der Waals surface area contributed by atoms with E-state index in [1.54, 1.807) is 0 Å². The number of nitrogens with zero attached hydrogens (tertiary/aromatic N) is 3. The molecule has 0 amide bonds. The quantitative estimate of drug-likeness (QED) is 0.735. The van der Waals surface area contributed by atoms with Gasteiger partial charge in [0.1, 0.15) is 6.61 Å². The molecule has 0 atom stereocenters. The first-order valence-corrected chi connectivity index (χ1v) is 9.98. The van der Waals surface area contributed by atoms with Crippen molar-refractivity contribution in [2.75, 3.05) is 18.1 Å². The van der Waals surface area contributed by atoms with Crippen LogP contribution >= 0.6 is 0 Å². The van der Waals surface area contributed by atoms with Crippen molar-refractivity contribution in [3.8, 4) is 16.9 Å². The molecule has 2 N–H and O–H groups in total. The van der Waals surface area contributed by atoms with Crippen molar-refractivity contribution in [1.29, 1.82) is 0 Å². The van der Waals surface area contributed by atoms with Crippen molar-refractivity contribution in [3.63, 3.8) is 0 Å². The number of rotatable bonds is 4. The summed E-state index contributed by atoms with van der Waals surface area (Å²) in [5, 5.41) is 0. The average molecular weight is 372 g/mol. The molecule has 1 saturated carbocycles. The third-order valence-electron chi connectivity index (χ3n) is 5.75. The summed E-state index contributed by atoms with van der Waals surface area (Å²) in [5.74, 6) is 2.43. The highest BCUT2D eigenvalue weighted by molar-refractivity contribution is 5.71. The lowest BCUT2D eigenvalue weighted by atomic mass is 9.82. The third kappa shape index (κ3) is 3.12. The molecule has 0 radical (unpaired) electrons. The van der Waals surface area contributed by atoms with E-state index in [1.165, 1.54) is 25.0 Å². The van der Waals surface area contributed by atoms with Gasteiger partial charge in [0, 0.05) is 30.0 Å². The predicted octanol–water partition coefficient (Wildman–Crippen LogP) is 4.40. The fraction of sp³-hybridized carbons (Fsp3) is 0.304. The van der Waals surface area contributed by atoms with Crippen molar-refractivity contribution in [1.82, 2.24) is 9.97 Å². The van der Waals surface area contributed by atoms with Gasteiger partial charge in [-0.3, -0.25) is 4.98 Å². The average Bonchev–Trinajstić information content (AvgIpc) is 2.72. The summed E-state index contributed by atoms with van der Waals surface area (Å²) < 4.78 is 5.86. The molecule has 0 saturated heterocycles. The third-order valence-corrected chi connectivity index (χ3v) is 5.75. The van der Waals surface area contributed by atoms with Gasteiger partial charge in [0.05, 0.1) is 12.2 Å². The van der Waals surface area contributed by atoms with Gasteiger partial charge in [-0.25, -0.2) is 4.98 Å². The van der Waals surface area contributed by atoms with E-state index in [9.17, 15) is 0 Å². The molecule has 1 aromatic carbocycles. The molecule has 3 heterocycles. The lowest BCUT2D eigenvalue weighted by Gasteiger charge is -2.32. The van der Waals surface area contributed by atoms with Crippen LogP contribution in [0.4, 0.5) is 11.5 Å². The van der Waals surface area contributed by atoms with E-state index in [0.29, 0.717) is 19.1 Å². The number of fused-ring (bicyclic) bond motifs is 1. The second-order valence-electron chi connectivity index (χ2n) is 7.47. The highest BCUT2D eigenvalue weighted by atomic mass is 16.5. The Balaban J connectivity index is 1.45. The van der Waals surface area contributed by atoms with Crippen LogP contribution in [0.2, 0.25) is 0 Å². The fourth-order valence-electron chi connectivity index (χ4n) is 3.90. The van der Waals surface area contributed by atoms with Crippen molar-refractivity contribution >= 4 is 11.5 Å². The Hall–Kier alpha value is -2.92. The monoisotopic (exact) mass is 372 g/mol. The number of nitrogens with two attached hydrogens (primary N) is 1. The Kier molecular flexibility index (Phi) is 4.45. The van der Waals surface area contributed by atoms with Crippen LogP contribution < -0.4 is 15.4 Å². The number of hydrogen-bond acceptors (Lipinski definition) is 5. The fourth-order valence-corrected chi connectivity index (χ4v) is 3.90. The summed E-state index contributed by atoms with van der Waals surface area (Å²) in [6.07, 6.45) is 5.62. The van der Waals surface area contributed by atoms with E-state index < -0.39 is 0 Å². The van der Waals surface area contributed by atoms with Gasteiger partial charge < -0.3 is 15.4 Å². The van der Waals surface area contributed by atoms with Gasteiger partial charge in [0.15, 0.2) is 11.6 Å². The van der Waals surface area contributed by atoms with E-state index in [0.717, 1.165) is 40.6 Å². The van der Waals surface area contributed by atoms with Gasteiger partial charge in [0.2, 0.25) is 0 Å². The number of hydrogen-bond donors (Lipinski definition) is 1. The number of anilines is 2. The summed E-state index contributed by atoms with van der Waals surface area (Å²) in [6.45, 7) is 1.93. The Morgan fingerprint density at radius 2 is 1.89 bits per heavy atom. The Morgan fingerprint density at radius 3 is 2.64 bits per heavy atom. The maximum Gasteiger partial charge on any atom is 0.176 e. The molecule has 0 spiro atoms. The number of benzene rings is 1. The van der Waals surface area contributed by atoms with Gasteiger partial charge in [-0.1, -0.05) is 18.6 Å².